The first-order chi connectivity index (χ1) is 27.9. The van der Waals surface area contributed by atoms with Crippen LogP contribution in [0.5, 0.6) is 11.5 Å². The Bertz CT molecular complexity index is 2240. The number of fused-ring (bicyclic) bond motifs is 1. The lowest BCUT2D eigenvalue weighted by Gasteiger charge is -2.43. The van der Waals surface area contributed by atoms with Gasteiger partial charge < -0.3 is 14.4 Å². The Hall–Kier alpha value is -5.23. The summed E-state index contributed by atoms with van der Waals surface area (Å²) in [5, 5.41) is 11.6. The fourth-order valence-corrected chi connectivity index (χ4v) is 9.52. The van der Waals surface area contributed by atoms with Crippen molar-refractivity contribution in [2.24, 2.45) is 0 Å². The van der Waals surface area contributed by atoms with Gasteiger partial charge in [0.05, 0.1) is 37.0 Å². The Morgan fingerprint density at radius 1 is 0.914 bits per heavy atom. The number of amides is 3. The summed E-state index contributed by atoms with van der Waals surface area (Å²) in [4.78, 5) is 46.4. The topological polar surface area (TPSA) is 153 Å². The minimum Gasteiger partial charge on any atom is -0.493 e. The van der Waals surface area contributed by atoms with E-state index >= 15 is 0 Å². The SMILES string of the molecule is CCOc1cc([C@@H](CS(C)(=O)=O)N2C(=N)c3cc(N4CCC(N5CCN(CCC#Cc6cccc(C7CCC(=O)NC7=O)c6)CC5)CC4)ccc3C2=O)ccc1OC. The zero-order chi connectivity index (χ0) is 41.0. The molecule has 0 aromatic heterocycles. The van der Waals surface area contributed by atoms with Crippen molar-refractivity contribution in [3.8, 4) is 23.3 Å². The number of imide groups is 1. The van der Waals surface area contributed by atoms with Gasteiger partial charge in [0.1, 0.15) is 15.7 Å². The molecule has 0 bridgehead atoms. The summed E-state index contributed by atoms with van der Waals surface area (Å²) in [7, 11) is -2.02. The average Bonchev–Trinajstić information content (AvgIpc) is 3.46. The van der Waals surface area contributed by atoms with E-state index in [1.807, 2.05) is 43.3 Å². The molecular formula is C44H52N6O7S. The molecule has 7 rings (SSSR count). The highest BCUT2D eigenvalue weighted by atomic mass is 32.2. The fourth-order valence-electron chi connectivity index (χ4n) is 8.61. The van der Waals surface area contributed by atoms with Crippen molar-refractivity contribution in [3.05, 3.63) is 88.5 Å². The summed E-state index contributed by atoms with van der Waals surface area (Å²) in [6.45, 7) is 8.85. The minimum absolute atomic E-state index is 0.0120. The molecule has 0 aliphatic carbocycles. The van der Waals surface area contributed by atoms with Crippen LogP contribution in [0.25, 0.3) is 0 Å². The van der Waals surface area contributed by atoms with Crippen LogP contribution in [-0.4, -0.2) is 124 Å². The second kappa shape index (κ2) is 17.7. The first-order valence-electron chi connectivity index (χ1n) is 20.1. The molecule has 3 aromatic rings. The fraction of sp³-hybridized carbons (Fsp3) is 0.455. The third-order valence-electron chi connectivity index (χ3n) is 11.7. The zero-order valence-electron chi connectivity index (χ0n) is 33.5. The quantitative estimate of drug-likeness (QED) is 0.201. The number of piperidine rings is 2. The van der Waals surface area contributed by atoms with Crippen molar-refractivity contribution in [3.63, 3.8) is 0 Å². The van der Waals surface area contributed by atoms with E-state index in [4.69, 9.17) is 14.9 Å². The normalized spacial score (nSPS) is 20.0. The van der Waals surface area contributed by atoms with Crippen molar-refractivity contribution in [1.82, 2.24) is 20.0 Å². The average molecular weight is 809 g/mol. The number of sulfone groups is 1. The highest BCUT2D eigenvalue weighted by Gasteiger charge is 2.40. The van der Waals surface area contributed by atoms with Crippen molar-refractivity contribution >= 4 is 39.1 Å². The van der Waals surface area contributed by atoms with E-state index in [1.165, 1.54) is 12.0 Å². The smallest absolute Gasteiger partial charge is 0.260 e. The molecule has 1 unspecified atom stereocenters. The van der Waals surface area contributed by atoms with Crippen molar-refractivity contribution < 1.29 is 32.3 Å². The van der Waals surface area contributed by atoms with Crippen LogP contribution in [0, 0.1) is 17.3 Å². The number of piperazine rings is 1. The van der Waals surface area contributed by atoms with Gasteiger partial charge in [0.15, 0.2) is 11.5 Å². The summed E-state index contributed by atoms with van der Waals surface area (Å²) >= 11 is 0. The number of anilines is 1. The van der Waals surface area contributed by atoms with Gasteiger partial charge in [-0.3, -0.25) is 39.8 Å². The van der Waals surface area contributed by atoms with Gasteiger partial charge in [-0.1, -0.05) is 30.0 Å². The number of rotatable bonds is 12. The van der Waals surface area contributed by atoms with Crippen LogP contribution in [0.3, 0.4) is 0 Å². The van der Waals surface area contributed by atoms with E-state index in [-0.39, 0.29) is 29.3 Å². The number of ether oxygens (including phenoxy) is 2. The molecule has 3 aromatic carbocycles. The highest BCUT2D eigenvalue weighted by Crippen LogP contribution is 2.38. The number of benzene rings is 3. The molecule has 2 N–H and O–H groups in total. The zero-order valence-corrected chi connectivity index (χ0v) is 34.3. The van der Waals surface area contributed by atoms with Crippen LogP contribution >= 0.6 is 0 Å². The summed E-state index contributed by atoms with van der Waals surface area (Å²) in [5.41, 5.74) is 4.17. The first kappa shape index (κ1) is 40.9. The maximum Gasteiger partial charge on any atom is 0.260 e. The van der Waals surface area contributed by atoms with Crippen LogP contribution in [0.2, 0.25) is 0 Å². The Labute approximate surface area is 341 Å². The number of carbonyl (C=O) groups is 3. The van der Waals surface area contributed by atoms with Gasteiger partial charge in [0, 0.05) is 87.8 Å². The molecule has 4 aliphatic rings. The second-order valence-corrected chi connectivity index (χ2v) is 17.7. The molecule has 4 aliphatic heterocycles. The summed E-state index contributed by atoms with van der Waals surface area (Å²) in [6.07, 6.45) is 4.81. The van der Waals surface area contributed by atoms with E-state index < -0.39 is 21.8 Å². The predicted molar refractivity (Wildman–Crippen MR) is 222 cm³/mol. The predicted octanol–water partition coefficient (Wildman–Crippen LogP) is 4.21. The molecule has 14 heteroatoms. The van der Waals surface area contributed by atoms with Crippen molar-refractivity contribution in [1.29, 1.82) is 5.41 Å². The van der Waals surface area contributed by atoms with Gasteiger partial charge in [-0.2, -0.15) is 0 Å². The lowest BCUT2D eigenvalue weighted by atomic mass is 9.90. The van der Waals surface area contributed by atoms with Crippen molar-refractivity contribution in [2.75, 3.05) is 76.4 Å². The molecule has 0 spiro atoms. The molecular weight excluding hydrogens is 757 g/mol. The maximum absolute atomic E-state index is 13.9. The van der Waals surface area contributed by atoms with E-state index in [9.17, 15) is 22.8 Å². The summed E-state index contributed by atoms with van der Waals surface area (Å²) in [6, 6.07) is 18.1. The van der Waals surface area contributed by atoms with Crippen LogP contribution in [0.4, 0.5) is 5.69 Å². The largest absolute Gasteiger partial charge is 0.493 e. The number of amidine groups is 1. The van der Waals surface area contributed by atoms with Gasteiger partial charge in [0.2, 0.25) is 11.8 Å². The van der Waals surface area contributed by atoms with Crippen LogP contribution in [0.15, 0.2) is 60.7 Å². The first-order valence-corrected chi connectivity index (χ1v) is 22.2. The Morgan fingerprint density at radius 2 is 1.69 bits per heavy atom. The summed E-state index contributed by atoms with van der Waals surface area (Å²) < 4.78 is 36.5. The molecule has 58 heavy (non-hydrogen) atoms. The van der Waals surface area contributed by atoms with Gasteiger partial charge >= 0.3 is 0 Å². The maximum atomic E-state index is 13.9. The number of hydrogen-bond donors (Lipinski definition) is 2. The van der Waals surface area contributed by atoms with E-state index in [0.29, 0.717) is 53.7 Å². The third-order valence-corrected chi connectivity index (χ3v) is 12.6. The van der Waals surface area contributed by atoms with Gasteiger partial charge in [0.25, 0.3) is 5.91 Å². The number of nitrogens with one attached hydrogen (secondary N) is 2. The third kappa shape index (κ3) is 9.22. The van der Waals surface area contributed by atoms with Crippen LogP contribution in [-0.2, 0) is 19.4 Å². The lowest BCUT2D eigenvalue weighted by molar-refractivity contribution is -0.134. The van der Waals surface area contributed by atoms with Crippen LogP contribution < -0.4 is 19.7 Å². The minimum atomic E-state index is -3.55. The van der Waals surface area contributed by atoms with Gasteiger partial charge in [-0.15, -0.1) is 0 Å². The second-order valence-electron chi connectivity index (χ2n) is 15.5. The van der Waals surface area contributed by atoms with E-state index in [1.54, 1.807) is 24.3 Å². The molecule has 4 heterocycles. The Balaban J connectivity index is 0.914. The van der Waals surface area contributed by atoms with Crippen molar-refractivity contribution in [2.45, 2.75) is 57.0 Å². The monoisotopic (exact) mass is 808 g/mol. The number of nitrogens with zero attached hydrogens (tertiary/aromatic N) is 4. The molecule has 3 fully saturated rings. The molecule has 2 atom stereocenters. The van der Waals surface area contributed by atoms with E-state index in [0.717, 1.165) is 88.1 Å². The standard InChI is InChI=1S/C44H52N6O7S/c1-4-57-40-27-32(11-15-39(40)56-2)38(29-58(3,54)55)50-42(45)37-28-34(12-13-36(37)44(50)53)48-20-17-33(18-21-48)49-24-22-47(23-25-49)19-6-5-8-30-9-7-10-31(26-30)35-14-16-41(51)46-43(35)52/h7,9-13,15,26-28,33,35,38,45H,4,6,14,16-25,29H2,1-3H3,(H,46,51,52)/t35?,38-/m1/s1. The Morgan fingerprint density at radius 3 is 2.40 bits per heavy atom. The van der Waals surface area contributed by atoms with Gasteiger partial charge in [-0.05, 0) is 79.8 Å². The number of hydrogen-bond acceptors (Lipinski definition) is 11. The molecule has 3 saturated heterocycles. The summed E-state index contributed by atoms with van der Waals surface area (Å²) in [5.74, 6) is 6.01. The lowest BCUT2D eigenvalue weighted by Crippen LogP contribution is -2.53. The highest BCUT2D eigenvalue weighted by molar-refractivity contribution is 7.90. The molecule has 13 nitrogen and oxygen atoms in total. The molecule has 306 valence electrons. The van der Waals surface area contributed by atoms with Gasteiger partial charge in [-0.25, -0.2) is 8.42 Å². The molecule has 3 amide bonds. The number of methoxy groups -OCH3 is 1. The van der Waals surface area contributed by atoms with Crippen LogP contribution in [0.1, 0.15) is 83.6 Å². The molecule has 0 radical (unpaired) electrons. The van der Waals surface area contributed by atoms with E-state index in [2.05, 4.69) is 31.9 Å². The number of carbonyl (C=O) groups excluding carboxylic acids is 3. The molecule has 0 saturated carbocycles. The Kier molecular flexibility index (Phi) is 12.5.